The molecule has 86 valence electrons. The molecule has 0 bridgehead atoms. The molecule has 0 unspecified atom stereocenters. The highest BCUT2D eigenvalue weighted by atomic mass is 16.1. The third-order valence-electron chi connectivity index (χ3n) is 2.36. The van der Waals surface area contributed by atoms with Crippen molar-refractivity contribution in [2.75, 3.05) is 5.32 Å². The molecular formula is C12H17N3O. The molecule has 0 atom stereocenters. The molecule has 2 rings (SSSR count). The van der Waals surface area contributed by atoms with E-state index in [1.807, 2.05) is 19.9 Å². The first-order valence-electron chi connectivity index (χ1n) is 5.68. The second-order valence-corrected chi connectivity index (χ2v) is 4.48. The highest BCUT2D eigenvalue weighted by Crippen LogP contribution is 2.24. The Kier molecular flexibility index (Phi) is 3.08. The van der Waals surface area contributed by atoms with Gasteiger partial charge in [0, 0.05) is 12.1 Å². The number of anilines is 1. The van der Waals surface area contributed by atoms with Gasteiger partial charge in [0.15, 0.2) is 0 Å². The van der Waals surface area contributed by atoms with E-state index in [9.17, 15) is 4.79 Å². The van der Waals surface area contributed by atoms with Gasteiger partial charge in [-0.25, -0.2) is 4.98 Å². The largest absolute Gasteiger partial charge is 0.381 e. The summed E-state index contributed by atoms with van der Waals surface area (Å²) in [5, 5.41) is 6.14. The number of hydrogen-bond donors (Lipinski definition) is 2. The van der Waals surface area contributed by atoms with E-state index in [1.54, 1.807) is 12.3 Å². The lowest BCUT2D eigenvalue weighted by Crippen LogP contribution is -2.30. The van der Waals surface area contributed by atoms with Crippen LogP contribution in [0.15, 0.2) is 18.3 Å². The predicted octanol–water partition coefficient (Wildman–Crippen LogP) is 1.79. The maximum Gasteiger partial charge on any atom is 0.270 e. The van der Waals surface area contributed by atoms with Gasteiger partial charge in [-0.15, -0.1) is 0 Å². The Morgan fingerprint density at radius 3 is 2.69 bits per heavy atom. The Morgan fingerprint density at radius 2 is 2.19 bits per heavy atom. The van der Waals surface area contributed by atoms with Crippen molar-refractivity contribution in [1.29, 1.82) is 0 Å². The van der Waals surface area contributed by atoms with Gasteiger partial charge in [0.2, 0.25) is 0 Å². The van der Waals surface area contributed by atoms with Gasteiger partial charge in [0.05, 0.1) is 11.9 Å². The topological polar surface area (TPSA) is 54.0 Å². The molecule has 1 saturated carbocycles. The van der Waals surface area contributed by atoms with E-state index in [2.05, 4.69) is 15.6 Å². The van der Waals surface area contributed by atoms with Crippen molar-refractivity contribution in [3.63, 3.8) is 0 Å². The molecule has 1 amide bonds. The number of carbonyl (C=O) groups excluding carboxylic acids is 1. The molecule has 4 heteroatoms. The van der Waals surface area contributed by atoms with E-state index >= 15 is 0 Å². The Labute approximate surface area is 95.5 Å². The first kappa shape index (κ1) is 10.9. The fourth-order valence-electron chi connectivity index (χ4n) is 1.41. The standard InChI is InChI=1S/C12H17N3O/c1-8(2)14-12(16)11-6-5-10(7-13-11)15-9-3-4-9/h5-9,15H,3-4H2,1-2H3,(H,14,16). The quantitative estimate of drug-likeness (QED) is 0.811. The van der Waals surface area contributed by atoms with Crippen LogP contribution in [0.25, 0.3) is 0 Å². The molecular weight excluding hydrogens is 202 g/mol. The number of hydrogen-bond acceptors (Lipinski definition) is 3. The summed E-state index contributed by atoms with van der Waals surface area (Å²) >= 11 is 0. The fraction of sp³-hybridized carbons (Fsp3) is 0.500. The lowest BCUT2D eigenvalue weighted by atomic mass is 10.3. The summed E-state index contributed by atoms with van der Waals surface area (Å²) in [5.74, 6) is -0.118. The van der Waals surface area contributed by atoms with Gasteiger partial charge in [-0.1, -0.05) is 0 Å². The SMILES string of the molecule is CC(C)NC(=O)c1ccc(NC2CC2)cn1. The maximum absolute atomic E-state index is 11.6. The third kappa shape index (κ3) is 2.95. The Balaban J connectivity index is 1.97. The Morgan fingerprint density at radius 1 is 1.44 bits per heavy atom. The van der Waals surface area contributed by atoms with Crippen LogP contribution in [0.1, 0.15) is 37.2 Å². The van der Waals surface area contributed by atoms with Crippen molar-refractivity contribution in [3.05, 3.63) is 24.0 Å². The minimum Gasteiger partial charge on any atom is -0.381 e. The predicted molar refractivity (Wildman–Crippen MR) is 63.5 cm³/mol. The molecule has 1 heterocycles. The monoisotopic (exact) mass is 219 g/mol. The van der Waals surface area contributed by atoms with Crippen LogP contribution in [0.3, 0.4) is 0 Å². The summed E-state index contributed by atoms with van der Waals surface area (Å²) in [5.41, 5.74) is 1.46. The molecule has 0 radical (unpaired) electrons. The minimum absolute atomic E-state index is 0.118. The van der Waals surface area contributed by atoms with E-state index in [-0.39, 0.29) is 11.9 Å². The molecule has 1 aromatic rings. The molecule has 1 aliphatic carbocycles. The molecule has 1 fully saturated rings. The van der Waals surface area contributed by atoms with Gasteiger partial charge in [-0.2, -0.15) is 0 Å². The Bertz CT molecular complexity index is 368. The summed E-state index contributed by atoms with van der Waals surface area (Å²) in [6.45, 7) is 3.86. The molecule has 0 aliphatic heterocycles. The van der Waals surface area contributed by atoms with E-state index in [0.29, 0.717) is 11.7 Å². The average molecular weight is 219 g/mol. The van der Waals surface area contributed by atoms with Gasteiger partial charge in [0.1, 0.15) is 5.69 Å². The fourth-order valence-corrected chi connectivity index (χ4v) is 1.41. The lowest BCUT2D eigenvalue weighted by Gasteiger charge is -2.08. The number of pyridine rings is 1. The highest BCUT2D eigenvalue weighted by Gasteiger charge is 2.20. The van der Waals surface area contributed by atoms with Crippen molar-refractivity contribution in [1.82, 2.24) is 10.3 Å². The lowest BCUT2D eigenvalue weighted by molar-refractivity contribution is 0.0938. The first-order chi connectivity index (χ1) is 7.65. The molecule has 16 heavy (non-hydrogen) atoms. The van der Waals surface area contributed by atoms with Crippen molar-refractivity contribution in [2.24, 2.45) is 0 Å². The molecule has 1 aliphatic rings. The van der Waals surface area contributed by atoms with Gasteiger partial charge in [-0.3, -0.25) is 4.79 Å². The zero-order valence-electron chi connectivity index (χ0n) is 9.66. The third-order valence-corrected chi connectivity index (χ3v) is 2.36. The van der Waals surface area contributed by atoms with Crippen LogP contribution in [0.4, 0.5) is 5.69 Å². The van der Waals surface area contributed by atoms with Gasteiger partial charge < -0.3 is 10.6 Å². The van der Waals surface area contributed by atoms with E-state index in [0.717, 1.165) is 5.69 Å². The molecule has 0 aromatic carbocycles. The van der Waals surface area contributed by atoms with E-state index in [4.69, 9.17) is 0 Å². The number of carbonyl (C=O) groups is 1. The summed E-state index contributed by atoms with van der Waals surface area (Å²) in [6, 6.07) is 4.40. The number of aromatic nitrogens is 1. The van der Waals surface area contributed by atoms with Crippen LogP contribution < -0.4 is 10.6 Å². The van der Waals surface area contributed by atoms with Gasteiger partial charge >= 0.3 is 0 Å². The summed E-state index contributed by atoms with van der Waals surface area (Å²) in [6.07, 6.45) is 4.18. The smallest absolute Gasteiger partial charge is 0.270 e. The minimum atomic E-state index is -0.118. The average Bonchev–Trinajstić information content (AvgIpc) is 3.01. The van der Waals surface area contributed by atoms with Crippen molar-refractivity contribution in [2.45, 2.75) is 38.8 Å². The van der Waals surface area contributed by atoms with Gasteiger partial charge in [-0.05, 0) is 38.8 Å². The molecule has 2 N–H and O–H groups in total. The Hall–Kier alpha value is -1.58. The normalized spacial score (nSPS) is 14.9. The van der Waals surface area contributed by atoms with Crippen molar-refractivity contribution in [3.8, 4) is 0 Å². The van der Waals surface area contributed by atoms with Gasteiger partial charge in [0.25, 0.3) is 5.91 Å². The maximum atomic E-state index is 11.6. The number of amides is 1. The number of rotatable bonds is 4. The van der Waals surface area contributed by atoms with Crippen LogP contribution in [0.2, 0.25) is 0 Å². The van der Waals surface area contributed by atoms with Crippen LogP contribution in [-0.4, -0.2) is 23.0 Å². The first-order valence-corrected chi connectivity index (χ1v) is 5.68. The number of nitrogens with one attached hydrogen (secondary N) is 2. The highest BCUT2D eigenvalue weighted by molar-refractivity contribution is 5.92. The molecule has 1 aromatic heterocycles. The van der Waals surface area contributed by atoms with E-state index < -0.39 is 0 Å². The van der Waals surface area contributed by atoms with Crippen LogP contribution >= 0.6 is 0 Å². The van der Waals surface area contributed by atoms with Crippen LogP contribution in [0.5, 0.6) is 0 Å². The summed E-state index contributed by atoms with van der Waals surface area (Å²) in [4.78, 5) is 15.7. The molecule has 4 nitrogen and oxygen atoms in total. The second-order valence-electron chi connectivity index (χ2n) is 4.48. The van der Waals surface area contributed by atoms with E-state index in [1.165, 1.54) is 12.8 Å². The second kappa shape index (κ2) is 4.51. The summed E-state index contributed by atoms with van der Waals surface area (Å²) in [7, 11) is 0. The summed E-state index contributed by atoms with van der Waals surface area (Å²) < 4.78 is 0. The zero-order chi connectivity index (χ0) is 11.5. The number of nitrogens with zero attached hydrogens (tertiary/aromatic N) is 1. The van der Waals surface area contributed by atoms with Crippen molar-refractivity contribution >= 4 is 11.6 Å². The van der Waals surface area contributed by atoms with Crippen molar-refractivity contribution < 1.29 is 4.79 Å². The zero-order valence-corrected chi connectivity index (χ0v) is 9.66. The van der Waals surface area contributed by atoms with Crippen LogP contribution in [0, 0.1) is 0 Å². The molecule has 0 spiro atoms. The molecule has 0 saturated heterocycles. The van der Waals surface area contributed by atoms with Crippen LogP contribution in [-0.2, 0) is 0 Å².